The second-order valence-electron chi connectivity index (χ2n) is 7.13. The quantitative estimate of drug-likeness (QED) is 0.635. The summed E-state index contributed by atoms with van der Waals surface area (Å²) >= 11 is 0. The number of benzene rings is 1. The molecule has 1 aliphatic rings. The number of piperidine rings is 1. The van der Waals surface area contributed by atoms with Crippen LogP contribution in [0.3, 0.4) is 0 Å². The molecule has 1 aromatic carbocycles. The highest BCUT2D eigenvalue weighted by Gasteiger charge is 2.20. The first-order valence-corrected chi connectivity index (χ1v) is 9.87. The summed E-state index contributed by atoms with van der Waals surface area (Å²) in [6, 6.07) is 9.52. The number of carbonyl (C=O) groups excluding carboxylic acids is 1. The Hall–Kier alpha value is -2.51. The molecule has 3 heterocycles. The topological polar surface area (TPSA) is 81.3 Å². The first-order chi connectivity index (χ1) is 13.7. The molecule has 156 valence electrons. The minimum Gasteiger partial charge on any atom is -0.490 e. The van der Waals surface area contributed by atoms with Crippen LogP contribution in [-0.4, -0.2) is 35.4 Å². The summed E-state index contributed by atoms with van der Waals surface area (Å²) < 4.78 is 13.5. The molecule has 0 saturated carbocycles. The smallest absolute Gasteiger partial charge is 0.272 e. The summed E-state index contributed by atoms with van der Waals surface area (Å²) in [7, 11) is 0. The molecule has 0 bridgehead atoms. The molecule has 1 amide bonds. The van der Waals surface area contributed by atoms with Gasteiger partial charge in [-0.3, -0.25) is 9.48 Å². The normalized spacial score (nSPS) is 17.5. The van der Waals surface area contributed by atoms with E-state index in [1.165, 1.54) is 0 Å². The molecular formula is C21H27ClN4O3. The van der Waals surface area contributed by atoms with Gasteiger partial charge in [-0.15, -0.1) is 12.4 Å². The number of carbonyl (C=O) groups is 1. The van der Waals surface area contributed by atoms with E-state index >= 15 is 0 Å². The minimum absolute atomic E-state index is 0. The van der Waals surface area contributed by atoms with Gasteiger partial charge in [-0.2, -0.15) is 5.10 Å². The van der Waals surface area contributed by atoms with E-state index in [1.54, 1.807) is 6.07 Å². The molecular weight excluding hydrogens is 392 g/mol. The first-order valence-electron chi connectivity index (χ1n) is 9.87. The maximum absolute atomic E-state index is 12.6. The van der Waals surface area contributed by atoms with E-state index in [0.29, 0.717) is 35.4 Å². The van der Waals surface area contributed by atoms with Gasteiger partial charge in [-0.25, -0.2) is 0 Å². The van der Waals surface area contributed by atoms with Crippen molar-refractivity contribution in [2.45, 2.75) is 38.8 Å². The third kappa shape index (κ3) is 4.57. The summed E-state index contributed by atoms with van der Waals surface area (Å²) in [5.74, 6) is 1.19. The fourth-order valence-electron chi connectivity index (χ4n) is 3.60. The number of nitrogens with one attached hydrogen (secondary N) is 2. The van der Waals surface area contributed by atoms with Crippen LogP contribution in [-0.2, 0) is 0 Å². The maximum atomic E-state index is 12.6. The van der Waals surface area contributed by atoms with Gasteiger partial charge in [-0.1, -0.05) is 12.1 Å². The van der Waals surface area contributed by atoms with E-state index in [-0.39, 0.29) is 24.4 Å². The molecule has 0 radical (unpaired) electrons. The van der Waals surface area contributed by atoms with Crippen molar-refractivity contribution < 1.29 is 13.9 Å². The largest absolute Gasteiger partial charge is 0.490 e. The number of amides is 1. The molecule has 2 aromatic heterocycles. The third-order valence-corrected chi connectivity index (χ3v) is 5.09. The molecule has 7 nitrogen and oxygen atoms in total. The van der Waals surface area contributed by atoms with Gasteiger partial charge >= 0.3 is 0 Å². The van der Waals surface area contributed by atoms with Crippen LogP contribution >= 0.6 is 12.4 Å². The molecule has 0 spiro atoms. The van der Waals surface area contributed by atoms with E-state index in [9.17, 15) is 4.79 Å². The highest BCUT2D eigenvalue weighted by molar-refractivity contribution is 5.92. The molecule has 1 fully saturated rings. The number of furan rings is 1. The van der Waals surface area contributed by atoms with Crippen LogP contribution in [0.2, 0.25) is 0 Å². The van der Waals surface area contributed by atoms with Crippen molar-refractivity contribution in [2.24, 2.45) is 0 Å². The number of hydrogen-bond acceptors (Lipinski definition) is 5. The summed E-state index contributed by atoms with van der Waals surface area (Å²) in [4.78, 5) is 12.6. The summed E-state index contributed by atoms with van der Waals surface area (Å²) in [6.45, 7) is 6.35. The second kappa shape index (κ2) is 9.33. The standard InChI is InChI=1S/C21H26N4O3.ClH/c1-3-27-18-8-4-6-15-12-19(28-20(15)18)14(2)23-21(26)17-9-11-25(24-17)16-7-5-10-22-13-16;/h4,6,8-9,11-12,14,16,22H,3,5,7,10,13H2,1-2H3,(H,23,26);1H. The van der Waals surface area contributed by atoms with Gasteiger partial charge < -0.3 is 19.8 Å². The average molecular weight is 419 g/mol. The zero-order valence-electron chi connectivity index (χ0n) is 16.7. The zero-order valence-corrected chi connectivity index (χ0v) is 17.5. The predicted molar refractivity (Wildman–Crippen MR) is 114 cm³/mol. The summed E-state index contributed by atoms with van der Waals surface area (Å²) in [5.41, 5.74) is 1.12. The van der Waals surface area contributed by atoms with E-state index in [2.05, 4.69) is 15.7 Å². The molecule has 2 atom stereocenters. The predicted octanol–water partition coefficient (Wildman–Crippen LogP) is 3.87. The molecule has 2 N–H and O–H groups in total. The molecule has 1 aliphatic heterocycles. The monoisotopic (exact) mass is 418 g/mol. The van der Waals surface area contributed by atoms with Crippen molar-refractivity contribution in [3.8, 4) is 5.75 Å². The number of hydrogen-bond donors (Lipinski definition) is 2. The minimum atomic E-state index is -0.282. The Morgan fingerprint density at radius 1 is 1.45 bits per heavy atom. The van der Waals surface area contributed by atoms with Crippen molar-refractivity contribution in [3.05, 3.63) is 48.0 Å². The van der Waals surface area contributed by atoms with Gasteiger partial charge in [0.15, 0.2) is 11.3 Å². The third-order valence-electron chi connectivity index (χ3n) is 5.09. The van der Waals surface area contributed by atoms with E-state index in [0.717, 1.165) is 31.3 Å². The SMILES string of the molecule is CCOc1cccc2cc(C(C)NC(=O)c3ccn(C4CCCNC4)n3)oc12.Cl. The van der Waals surface area contributed by atoms with Crippen LogP contribution in [0, 0.1) is 0 Å². The van der Waals surface area contributed by atoms with Crippen molar-refractivity contribution in [3.63, 3.8) is 0 Å². The molecule has 1 saturated heterocycles. The lowest BCUT2D eigenvalue weighted by atomic mass is 10.1. The van der Waals surface area contributed by atoms with Crippen LogP contribution in [0.5, 0.6) is 5.75 Å². The van der Waals surface area contributed by atoms with Crippen molar-refractivity contribution in [2.75, 3.05) is 19.7 Å². The van der Waals surface area contributed by atoms with Gasteiger partial charge in [0.1, 0.15) is 11.5 Å². The number of halogens is 1. The number of rotatable bonds is 6. The molecule has 2 unspecified atom stereocenters. The molecule has 29 heavy (non-hydrogen) atoms. The number of ether oxygens (including phenoxy) is 1. The first kappa shape index (κ1) is 21.2. The van der Waals surface area contributed by atoms with Crippen molar-refractivity contribution in [1.29, 1.82) is 0 Å². The van der Waals surface area contributed by atoms with Gasteiger partial charge in [0.25, 0.3) is 5.91 Å². The molecule has 3 aromatic rings. The summed E-state index contributed by atoms with van der Waals surface area (Å²) in [6.07, 6.45) is 4.08. The van der Waals surface area contributed by atoms with Crippen LogP contribution < -0.4 is 15.4 Å². The molecule has 8 heteroatoms. The van der Waals surface area contributed by atoms with Crippen LogP contribution in [0.4, 0.5) is 0 Å². The Morgan fingerprint density at radius 2 is 2.31 bits per heavy atom. The van der Waals surface area contributed by atoms with E-state index in [1.807, 2.05) is 49.0 Å². The Bertz CT molecular complexity index is 962. The van der Waals surface area contributed by atoms with E-state index in [4.69, 9.17) is 9.15 Å². The second-order valence-corrected chi connectivity index (χ2v) is 7.13. The van der Waals surface area contributed by atoms with Crippen LogP contribution in [0.15, 0.2) is 40.9 Å². The van der Waals surface area contributed by atoms with Crippen molar-refractivity contribution in [1.82, 2.24) is 20.4 Å². The van der Waals surface area contributed by atoms with Gasteiger partial charge in [-0.05, 0) is 51.4 Å². The highest BCUT2D eigenvalue weighted by atomic mass is 35.5. The summed E-state index contributed by atoms with van der Waals surface area (Å²) in [5, 5.41) is 11.8. The fourth-order valence-corrected chi connectivity index (χ4v) is 3.60. The number of fused-ring (bicyclic) bond motifs is 1. The Labute approximate surface area is 176 Å². The number of nitrogens with zero attached hydrogens (tertiary/aromatic N) is 2. The Morgan fingerprint density at radius 3 is 3.07 bits per heavy atom. The zero-order chi connectivity index (χ0) is 19.5. The average Bonchev–Trinajstić information content (AvgIpc) is 3.37. The number of aromatic nitrogens is 2. The van der Waals surface area contributed by atoms with Crippen LogP contribution in [0.25, 0.3) is 11.0 Å². The Kier molecular flexibility index (Phi) is 6.82. The van der Waals surface area contributed by atoms with Crippen LogP contribution in [0.1, 0.15) is 55.0 Å². The maximum Gasteiger partial charge on any atom is 0.272 e. The highest BCUT2D eigenvalue weighted by Crippen LogP contribution is 2.31. The number of para-hydroxylation sites is 1. The molecule has 0 aliphatic carbocycles. The lowest BCUT2D eigenvalue weighted by molar-refractivity contribution is 0.0929. The Balaban J connectivity index is 0.00000240. The van der Waals surface area contributed by atoms with Gasteiger partial charge in [0.05, 0.1) is 18.7 Å². The molecule has 4 rings (SSSR count). The fraction of sp³-hybridized carbons (Fsp3) is 0.429. The van der Waals surface area contributed by atoms with Crippen molar-refractivity contribution >= 4 is 29.3 Å². The van der Waals surface area contributed by atoms with Gasteiger partial charge in [0.2, 0.25) is 0 Å². The van der Waals surface area contributed by atoms with E-state index < -0.39 is 0 Å². The van der Waals surface area contributed by atoms with Gasteiger partial charge in [0, 0.05) is 18.1 Å². The lowest BCUT2D eigenvalue weighted by Crippen LogP contribution is -2.32. The lowest BCUT2D eigenvalue weighted by Gasteiger charge is -2.22.